The molecule has 0 atom stereocenters. The van der Waals surface area contributed by atoms with Crippen molar-refractivity contribution in [3.63, 3.8) is 0 Å². The first-order chi connectivity index (χ1) is 1.00. The molecule has 0 fully saturated rings. The SMILES string of the molecule is [Al+3].[C]=O.[Cl-].[Cl-].[Cl-]. The van der Waals surface area contributed by atoms with Crippen LogP contribution >= 0.6 is 0 Å². The first-order valence-corrected chi connectivity index (χ1v) is 0.204. The molecule has 0 bridgehead atoms. The molecule has 0 heterocycles. The van der Waals surface area contributed by atoms with Crippen molar-refractivity contribution in [1.82, 2.24) is 0 Å². The quantitative estimate of drug-likeness (QED) is 0.323. The maximum atomic E-state index is 7.50. The van der Waals surface area contributed by atoms with Crippen LogP contribution in [0.1, 0.15) is 0 Å². The van der Waals surface area contributed by atoms with Crippen LogP contribution in [0.5, 0.6) is 0 Å². The molecule has 2 radical (unpaired) electrons. The number of carbonyl (C=O) groups excluding carboxylic acids is 1. The zero-order chi connectivity index (χ0) is 2.00. The van der Waals surface area contributed by atoms with Crippen molar-refractivity contribution in [2.45, 2.75) is 0 Å². The van der Waals surface area contributed by atoms with E-state index in [9.17, 15) is 0 Å². The van der Waals surface area contributed by atoms with E-state index in [1.165, 1.54) is 0 Å². The summed E-state index contributed by atoms with van der Waals surface area (Å²) in [5.41, 5.74) is 0. The summed E-state index contributed by atoms with van der Waals surface area (Å²) in [6.45, 7) is 4.50. The molecule has 0 unspecified atom stereocenters. The van der Waals surface area contributed by atoms with E-state index in [1.807, 2.05) is 0 Å². The van der Waals surface area contributed by atoms with Crippen LogP contribution in [0.3, 0.4) is 0 Å². The van der Waals surface area contributed by atoms with Gasteiger partial charge in [0.15, 0.2) is 0 Å². The molecule has 0 aromatic rings. The van der Waals surface area contributed by atoms with Crippen molar-refractivity contribution in [2.24, 2.45) is 0 Å². The second kappa shape index (κ2) is 136. The molecule has 0 saturated carbocycles. The largest absolute Gasteiger partial charge is 3.00 e. The molecule has 0 aliphatic heterocycles. The zero-order valence-corrected chi connectivity index (χ0v) is 6.04. The Morgan fingerprint density at radius 1 is 0.833 bits per heavy atom. The monoisotopic (exact) mass is 160 g/mol. The summed E-state index contributed by atoms with van der Waals surface area (Å²) < 4.78 is 0. The van der Waals surface area contributed by atoms with Crippen molar-refractivity contribution >= 4 is 24.2 Å². The zero-order valence-electron chi connectivity index (χ0n) is 2.62. The van der Waals surface area contributed by atoms with Crippen molar-refractivity contribution in [3.8, 4) is 0 Å². The normalized spacial score (nSPS) is 0.667. The van der Waals surface area contributed by atoms with E-state index in [0.717, 1.165) is 0 Å². The smallest absolute Gasteiger partial charge is 1.00 e. The van der Waals surface area contributed by atoms with Crippen LogP contribution < -0.4 is 37.2 Å². The van der Waals surface area contributed by atoms with Gasteiger partial charge in [-0.15, -0.1) is 0 Å². The van der Waals surface area contributed by atoms with Gasteiger partial charge in [0, 0.05) is 0 Å². The van der Waals surface area contributed by atoms with Gasteiger partial charge in [-0.3, -0.25) is 4.79 Å². The number of hydrogen-bond donors (Lipinski definition) is 0. The molecule has 0 amide bonds. The summed E-state index contributed by atoms with van der Waals surface area (Å²) in [5, 5.41) is 0. The Hall–Kier alpha value is 1.07. The van der Waals surface area contributed by atoms with Gasteiger partial charge in [0.05, 0.1) is 0 Å². The van der Waals surface area contributed by atoms with Gasteiger partial charge < -0.3 is 37.2 Å². The third-order valence-electron chi connectivity index (χ3n) is 0. The molecule has 6 heavy (non-hydrogen) atoms. The standard InChI is InChI=1S/CO.Al.3ClH/c1-2;;;;/h;;3*1H/q;+3;;;/p-3. The Labute approximate surface area is 66.2 Å². The van der Waals surface area contributed by atoms with Crippen LogP contribution in [-0.4, -0.2) is 24.2 Å². The molecule has 0 rings (SSSR count). The molecule has 0 saturated heterocycles. The molecule has 5 heteroatoms. The number of halogens is 3. The molecule has 0 N–H and O–H groups in total. The molecule has 0 aromatic carbocycles. The predicted octanol–water partition coefficient (Wildman–Crippen LogP) is -9.77. The van der Waals surface area contributed by atoms with Gasteiger partial charge in [-0.1, -0.05) is 0 Å². The maximum absolute atomic E-state index is 7.50. The van der Waals surface area contributed by atoms with Crippen LogP contribution in [0, 0.1) is 0 Å². The fourth-order valence-electron chi connectivity index (χ4n) is 0. The molecule has 1 nitrogen and oxygen atoms in total. The van der Waals surface area contributed by atoms with Crippen LogP contribution in [0.4, 0.5) is 0 Å². The van der Waals surface area contributed by atoms with Crippen LogP contribution in [0.2, 0.25) is 0 Å². The van der Waals surface area contributed by atoms with Crippen molar-refractivity contribution in [1.29, 1.82) is 0 Å². The predicted molar refractivity (Wildman–Crippen MR) is 11.4 cm³/mol. The Morgan fingerprint density at radius 2 is 0.833 bits per heavy atom. The second-order valence-corrected chi connectivity index (χ2v) is 0. The number of hydrogen-bond acceptors (Lipinski definition) is 1. The van der Waals surface area contributed by atoms with E-state index in [-0.39, 0.29) is 54.6 Å². The maximum Gasteiger partial charge on any atom is 3.00 e. The minimum absolute atomic E-state index is 0. The molecule has 0 spiro atoms. The van der Waals surface area contributed by atoms with Crippen molar-refractivity contribution < 1.29 is 42.0 Å². The molecule has 0 aliphatic carbocycles. The summed E-state index contributed by atoms with van der Waals surface area (Å²) >= 11 is 0. The summed E-state index contributed by atoms with van der Waals surface area (Å²) in [4.78, 5) is 7.50. The van der Waals surface area contributed by atoms with Crippen molar-refractivity contribution in [2.75, 3.05) is 0 Å². The fraction of sp³-hybridized carbons (Fsp3) is 0. The van der Waals surface area contributed by atoms with Gasteiger partial charge in [-0.2, -0.15) is 0 Å². The Kier molecular flexibility index (Phi) is 1370. The molecular formula is CAlCl3O. The summed E-state index contributed by atoms with van der Waals surface area (Å²) in [7, 11) is 0. The second-order valence-electron chi connectivity index (χ2n) is 0. The summed E-state index contributed by atoms with van der Waals surface area (Å²) in [6.07, 6.45) is 0. The Balaban J connectivity index is -0.000000000833. The Bertz CT molecular complexity index is 10.8. The molecule has 0 aliphatic rings. The van der Waals surface area contributed by atoms with Gasteiger partial charge in [-0.05, 0) is 0 Å². The van der Waals surface area contributed by atoms with E-state index in [0.29, 0.717) is 0 Å². The average molecular weight is 161 g/mol. The van der Waals surface area contributed by atoms with Crippen LogP contribution in [0.15, 0.2) is 0 Å². The van der Waals surface area contributed by atoms with Gasteiger partial charge in [0.25, 0.3) is 6.79 Å². The van der Waals surface area contributed by atoms with Gasteiger partial charge in [-0.25, -0.2) is 0 Å². The van der Waals surface area contributed by atoms with Gasteiger partial charge >= 0.3 is 17.4 Å². The first-order valence-electron chi connectivity index (χ1n) is 0.204. The van der Waals surface area contributed by atoms with Gasteiger partial charge in [0.1, 0.15) is 0 Å². The minimum atomic E-state index is 0. The van der Waals surface area contributed by atoms with E-state index in [4.69, 9.17) is 4.79 Å². The first kappa shape index (κ1) is 60.7. The number of rotatable bonds is 0. The molecule has 0 aromatic heterocycles. The Morgan fingerprint density at radius 3 is 0.833 bits per heavy atom. The van der Waals surface area contributed by atoms with E-state index in [1.54, 1.807) is 0 Å². The topological polar surface area (TPSA) is 17.1 Å². The molecular weight excluding hydrogens is 161 g/mol. The fourth-order valence-corrected chi connectivity index (χ4v) is 0. The van der Waals surface area contributed by atoms with E-state index < -0.39 is 0 Å². The van der Waals surface area contributed by atoms with Crippen LogP contribution in [0.25, 0.3) is 0 Å². The molecule has 34 valence electrons. The third-order valence-corrected chi connectivity index (χ3v) is 0. The van der Waals surface area contributed by atoms with Crippen LogP contribution in [-0.2, 0) is 4.79 Å². The van der Waals surface area contributed by atoms with E-state index >= 15 is 0 Å². The third kappa shape index (κ3) is 73.1. The van der Waals surface area contributed by atoms with E-state index in [2.05, 4.69) is 6.79 Å². The summed E-state index contributed by atoms with van der Waals surface area (Å²) in [6, 6.07) is 0. The minimum Gasteiger partial charge on any atom is -1.00 e. The summed E-state index contributed by atoms with van der Waals surface area (Å²) in [5.74, 6) is 0. The van der Waals surface area contributed by atoms with Crippen molar-refractivity contribution in [3.05, 3.63) is 0 Å². The average Bonchev–Trinajstić information content (AvgIpc) is 1.00. The van der Waals surface area contributed by atoms with Gasteiger partial charge in [0.2, 0.25) is 0 Å².